The third kappa shape index (κ3) is 3.17. The standard InChI is InChI=1S/C15H15BrN2O2/c1-10-7-8-12(16)9-14(10)17-11(2)13-5-3-4-6-15(13)18(19)20/h3-9,11,17H,1-2H3. The van der Waals surface area contributed by atoms with Gasteiger partial charge < -0.3 is 5.32 Å². The fraction of sp³-hybridized carbons (Fsp3) is 0.200. The predicted molar refractivity (Wildman–Crippen MR) is 84.0 cm³/mol. The Morgan fingerprint density at radius 1 is 1.25 bits per heavy atom. The molecule has 1 atom stereocenters. The Hall–Kier alpha value is -1.88. The lowest BCUT2D eigenvalue weighted by Gasteiger charge is -2.17. The zero-order chi connectivity index (χ0) is 14.7. The summed E-state index contributed by atoms with van der Waals surface area (Å²) in [5, 5.41) is 14.4. The molecule has 2 rings (SSSR count). The average Bonchev–Trinajstić information content (AvgIpc) is 2.42. The highest BCUT2D eigenvalue weighted by Gasteiger charge is 2.18. The maximum Gasteiger partial charge on any atom is 0.274 e. The molecule has 0 aliphatic rings. The van der Waals surface area contributed by atoms with Gasteiger partial charge in [-0.1, -0.05) is 40.2 Å². The van der Waals surface area contributed by atoms with E-state index in [1.165, 1.54) is 6.07 Å². The minimum absolute atomic E-state index is 0.139. The van der Waals surface area contributed by atoms with Crippen molar-refractivity contribution in [3.8, 4) is 0 Å². The van der Waals surface area contributed by atoms with Crippen molar-refractivity contribution in [2.75, 3.05) is 5.32 Å². The fourth-order valence-electron chi connectivity index (χ4n) is 2.08. The van der Waals surface area contributed by atoms with Crippen molar-refractivity contribution in [1.82, 2.24) is 0 Å². The number of anilines is 1. The molecular formula is C15H15BrN2O2. The van der Waals surface area contributed by atoms with E-state index < -0.39 is 0 Å². The van der Waals surface area contributed by atoms with Crippen molar-refractivity contribution in [2.45, 2.75) is 19.9 Å². The number of nitro groups is 1. The van der Waals surface area contributed by atoms with Crippen LogP contribution in [0.25, 0.3) is 0 Å². The van der Waals surface area contributed by atoms with Gasteiger partial charge in [0.1, 0.15) is 0 Å². The molecule has 0 saturated heterocycles. The first kappa shape index (κ1) is 14.5. The molecule has 1 unspecified atom stereocenters. The van der Waals surface area contributed by atoms with E-state index in [0.717, 1.165) is 15.7 Å². The molecule has 1 N–H and O–H groups in total. The minimum Gasteiger partial charge on any atom is -0.378 e. The second-order valence-electron chi connectivity index (χ2n) is 4.64. The Kier molecular flexibility index (Phi) is 4.39. The molecule has 0 bridgehead atoms. The van der Waals surface area contributed by atoms with Gasteiger partial charge >= 0.3 is 0 Å². The first-order valence-corrected chi connectivity index (χ1v) is 7.04. The van der Waals surface area contributed by atoms with Crippen LogP contribution in [0.2, 0.25) is 0 Å². The number of benzene rings is 2. The lowest BCUT2D eigenvalue weighted by atomic mass is 10.1. The fourth-order valence-corrected chi connectivity index (χ4v) is 2.44. The van der Waals surface area contributed by atoms with Crippen molar-refractivity contribution in [3.63, 3.8) is 0 Å². The first-order valence-electron chi connectivity index (χ1n) is 6.25. The zero-order valence-corrected chi connectivity index (χ0v) is 12.8. The molecule has 4 nitrogen and oxygen atoms in total. The number of aryl methyl sites for hydroxylation is 1. The van der Waals surface area contributed by atoms with Crippen LogP contribution < -0.4 is 5.32 Å². The quantitative estimate of drug-likeness (QED) is 0.642. The molecule has 0 aliphatic heterocycles. The van der Waals surface area contributed by atoms with Crippen LogP contribution in [-0.2, 0) is 0 Å². The van der Waals surface area contributed by atoms with Gasteiger partial charge in [-0.05, 0) is 31.5 Å². The van der Waals surface area contributed by atoms with E-state index in [4.69, 9.17) is 0 Å². The number of hydrogen-bond donors (Lipinski definition) is 1. The van der Waals surface area contributed by atoms with Crippen LogP contribution in [0.4, 0.5) is 11.4 Å². The Morgan fingerprint density at radius 2 is 1.95 bits per heavy atom. The Labute approximate surface area is 126 Å². The van der Waals surface area contributed by atoms with Gasteiger partial charge in [0.05, 0.1) is 16.5 Å². The van der Waals surface area contributed by atoms with Gasteiger partial charge in [0.15, 0.2) is 0 Å². The van der Waals surface area contributed by atoms with Gasteiger partial charge in [0.2, 0.25) is 0 Å². The molecule has 0 amide bonds. The average molecular weight is 335 g/mol. The van der Waals surface area contributed by atoms with Crippen LogP contribution in [0.3, 0.4) is 0 Å². The third-order valence-electron chi connectivity index (χ3n) is 3.17. The van der Waals surface area contributed by atoms with E-state index in [1.807, 2.05) is 38.1 Å². The topological polar surface area (TPSA) is 55.2 Å². The molecule has 0 aromatic heterocycles. The molecule has 0 heterocycles. The van der Waals surface area contributed by atoms with E-state index in [9.17, 15) is 10.1 Å². The minimum atomic E-state index is -0.346. The highest BCUT2D eigenvalue weighted by molar-refractivity contribution is 9.10. The smallest absolute Gasteiger partial charge is 0.274 e. The largest absolute Gasteiger partial charge is 0.378 e. The number of nitrogens with one attached hydrogen (secondary N) is 1. The molecule has 20 heavy (non-hydrogen) atoms. The summed E-state index contributed by atoms with van der Waals surface area (Å²) in [5.41, 5.74) is 2.88. The highest BCUT2D eigenvalue weighted by Crippen LogP contribution is 2.29. The summed E-state index contributed by atoms with van der Waals surface area (Å²) in [6.07, 6.45) is 0. The van der Waals surface area contributed by atoms with Crippen molar-refractivity contribution in [3.05, 3.63) is 68.2 Å². The van der Waals surface area contributed by atoms with Gasteiger partial charge in [-0.25, -0.2) is 0 Å². The molecular weight excluding hydrogens is 320 g/mol. The molecule has 5 heteroatoms. The summed E-state index contributed by atoms with van der Waals surface area (Å²) in [6, 6.07) is 12.6. The van der Waals surface area contributed by atoms with Crippen LogP contribution in [-0.4, -0.2) is 4.92 Å². The van der Waals surface area contributed by atoms with E-state index >= 15 is 0 Å². The van der Waals surface area contributed by atoms with Crippen molar-refractivity contribution in [2.24, 2.45) is 0 Å². The summed E-state index contributed by atoms with van der Waals surface area (Å²) in [6.45, 7) is 3.92. The number of hydrogen-bond acceptors (Lipinski definition) is 3. The summed E-state index contributed by atoms with van der Waals surface area (Å²) in [7, 11) is 0. The zero-order valence-electron chi connectivity index (χ0n) is 11.3. The molecule has 0 radical (unpaired) electrons. The third-order valence-corrected chi connectivity index (χ3v) is 3.66. The maximum atomic E-state index is 11.1. The van der Waals surface area contributed by atoms with E-state index in [1.54, 1.807) is 12.1 Å². The van der Waals surface area contributed by atoms with Crippen molar-refractivity contribution >= 4 is 27.3 Å². The normalized spacial score (nSPS) is 11.9. The van der Waals surface area contributed by atoms with E-state index in [-0.39, 0.29) is 16.7 Å². The van der Waals surface area contributed by atoms with Crippen LogP contribution in [0.5, 0.6) is 0 Å². The van der Waals surface area contributed by atoms with Crippen LogP contribution in [0, 0.1) is 17.0 Å². The monoisotopic (exact) mass is 334 g/mol. The molecule has 0 saturated carbocycles. The van der Waals surface area contributed by atoms with Crippen LogP contribution >= 0.6 is 15.9 Å². The molecule has 0 aliphatic carbocycles. The molecule has 0 fully saturated rings. The molecule has 2 aromatic rings. The second kappa shape index (κ2) is 6.05. The predicted octanol–water partition coefficient (Wildman–Crippen LogP) is 4.84. The first-order chi connectivity index (χ1) is 9.49. The van der Waals surface area contributed by atoms with Crippen molar-refractivity contribution < 1.29 is 4.92 Å². The SMILES string of the molecule is Cc1ccc(Br)cc1NC(C)c1ccccc1[N+](=O)[O-]. The number of rotatable bonds is 4. The number of nitrogens with zero attached hydrogens (tertiary/aromatic N) is 1. The highest BCUT2D eigenvalue weighted by atomic mass is 79.9. The number of halogens is 1. The van der Waals surface area contributed by atoms with Crippen LogP contribution in [0.15, 0.2) is 46.9 Å². The second-order valence-corrected chi connectivity index (χ2v) is 5.56. The van der Waals surface area contributed by atoms with E-state index in [0.29, 0.717) is 5.56 Å². The van der Waals surface area contributed by atoms with Crippen molar-refractivity contribution in [1.29, 1.82) is 0 Å². The maximum absolute atomic E-state index is 11.1. The van der Waals surface area contributed by atoms with Crippen LogP contribution in [0.1, 0.15) is 24.1 Å². The van der Waals surface area contributed by atoms with Gasteiger partial charge in [0.25, 0.3) is 5.69 Å². The number of nitro benzene ring substituents is 1. The lowest BCUT2D eigenvalue weighted by Crippen LogP contribution is -2.09. The Morgan fingerprint density at radius 3 is 2.65 bits per heavy atom. The lowest BCUT2D eigenvalue weighted by molar-refractivity contribution is -0.385. The summed E-state index contributed by atoms with van der Waals surface area (Å²) in [5.74, 6) is 0. The van der Waals surface area contributed by atoms with Gasteiger partial charge in [-0.15, -0.1) is 0 Å². The summed E-state index contributed by atoms with van der Waals surface area (Å²) >= 11 is 3.43. The molecule has 2 aromatic carbocycles. The Bertz CT molecular complexity index is 644. The molecule has 104 valence electrons. The molecule has 0 spiro atoms. The summed E-state index contributed by atoms with van der Waals surface area (Å²) in [4.78, 5) is 10.7. The summed E-state index contributed by atoms with van der Waals surface area (Å²) < 4.78 is 0.973. The number of para-hydroxylation sites is 1. The van der Waals surface area contributed by atoms with Gasteiger partial charge in [-0.2, -0.15) is 0 Å². The van der Waals surface area contributed by atoms with E-state index in [2.05, 4.69) is 21.2 Å². The Balaban J connectivity index is 2.31. The van der Waals surface area contributed by atoms with Gasteiger partial charge in [0, 0.05) is 16.2 Å². The van der Waals surface area contributed by atoms with Gasteiger partial charge in [-0.3, -0.25) is 10.1 Å².